The van der Waals surface area contributed by atoms with Crippen molar-refractivity contribution < 1.29 is 13.6 Å². The van der Waals surface area contributed by atoms with Crippen molar-refractivity contribution >= 4 is 5.91 Å². The number of benzene rings is 1. The average molecular weight is 280 g/mol. The van der Waals surface area contributed by atoms with Gasteiger partial charge in [0.05, 0.1) is 0 Å². The number of amides is 1. The first-order valence-corrected chi connectivity index (χ1v) is 7.07. The van der Waals surface area contributed by atoms with Gasteiger partial charge in [0.2, 0.25) is 5.91 Å². The Hall–Kier alpha value is -1.49. The predicted octanol–water partition coefficient (Wildman–Crippen LogP) is 2.07. The second-order valence-electron chi connectivity index (χ2n) is 5.77. The molecule has 1 aromatic rings. The summed E-state index contributed by atoms with van der Waals surface area (Å²) in [4.78, 5) is 13.8. The molecular weight excluding hydrogens is 262 g/mol. The van der Waals surface area contributed by atoms with E-state index in [9.17, 15) is 13.6 Å². The first-order chi connectivity index (χ1) is 9.61. The summed E-state index contributed by atoms with van der Waals surface area (Å²) in [6.45, 7) is 2.29. The highest BCUT2D eigenvalue weighted by atomic mass is 19.2. The van der Waals surface area contributed by atoms with Gasteiger partial charge in [-0.2, -0.15) is 0 Å². The summed E-state index contributed by atoms with van der Waals surface area (Å²) in [5, 5.41) is 3.06. The molecule has 1 aromatic carbocycles. The number of nitrogens with zero attached hydrogens (tertiary/aromatic N) is 1. The topological polar surface area (TPSA) is 32.3 Å². The summed E-state index contributed by atoms with van der Waals surface area (Å²) < 4.78 is 26.1. The summed E-state index contributed by atoms with van der Waals surface area (Å²) in [5.41, 5.74) is 0.770. The molecule has 5 heteroatoms. The fraction of sp³-hybridized carbons (Fsp3) is 0.533. The molecule has 0 saturated carbocycles. The van der Waals surface area contributed by atoms with Crippen LogP contribution in [0.2, 0.25) is 0 Å². The van der Waals surface area contributed by atoms with Gasteiger partial charge in [0.15, 0.2) is 11.6 Å². The van der Waals surface area contributed by atoms with Crippen LogP contribution in [0.15, 0.2) is 18.2 Å². The van der Waals surface area contributed by atoms with Crippen LogP contribution in [0.5, 0.6) is 0 Å². The maximum absolute atomic E-state index is 13.2. The van der Waals surface area contributed by atoms with Crippen LogP contribution in [0, 0.1) is 17.6 Å². The molecule has 2 atom stereocenters. The Balaban J connectivity index is 1.65. The molecular formula is C15H18F2N2O. The number of nitrogens with one attached hydrogen (secondary N) is 1. The van der Waals surface area contributed by atoms with Gasteiger partial charge in [-0.15, -0.1) is 0 Å². The molecule has 1 amide bonds. The minimum Gasteiger partial charge on any atom is -0.352 e. The van der Waals surface area contributed by atoms with Crippen LogP contribution in [0.3, 0.4) is 0 Å². The number of carbonyl (C=O) groups is 1. The van der Waals surface area contributed by atoms with Crippen LogP contribution in [0.25, 0.3) is 0 Å². The highest BCUT2D eigenvalue weighted by Gasteiger charge is 2.35. The number of likely N-dealkylation sites (tertiary alicyclic amines) is 1. The van der Waals surface area contributed by atoms with Crippen LogP contribution in [0.1, 0.15) is 24.8 Å². The molecule has 2 aliphatic heterocycles. The fourth-order valence-electron chi connectivity index (χ4n) is 3.25. The van der Waals surface area contributed by atoms with Crippen LogP contribution < -0.4 is 5.32 Å². The number of carbonyl (C=O) groups excluding carboxylic acids is 1. The van der Waals surface area contributed by atoms with E-state index in [4.69, 9.17) is 0 Å². The molecule has 0 spiro atoms. The van der Waals surface area contributed by atoms with E-state index < -0.39 is 11.6 Å². The van der Waals surface area contributed by atoms with Crippen LogP contribution in [-0.4, -0.2) is 29.9 Å². The zero-order chi connectivity index (χ0) is 14.1. The number of hydrogen-bond donors (Lipinski definition) is 1. The number of rotatable bonds is 2. The van der Waals surface area contributed by atoms with E-state index in [0.717, 1.165) is 31.5 Å². The molecule has 0 aliphatic carbocycles. The number of halogens is 2. The smallest absolute Gasteiger partial charge is 0.220 e. The monoisotopic (exact) mass is 280 g/mol. The van der Waals surface area contributed by atoms with Gasteiger partial charge in [0, 0.05) is 32.1 Å². The Morgan fingerprint density at radius 2 is 2.10 bits per heavy atom. The molecule has 2 fully saturated rings. The Morgan fingerprint density at radius 3 is 2.90 bits per heavy atom. The second-order valence-corrected chi connectivity index (χ2v) is 5.77. The lowest BCUT2D eigenvalue weighted by atomic mass is 9.99. The molecule has 0 aromatic heterocycles. The van der Waals surface area contributed by atoms with Crippen molar-refractivity contribution in [3.05, 3.63) is 35.4 Å². The summed E-state index contributed by atoms with van der Waals surface area (Å²) in [5.74, 6) is -1.00. The lowest BCUT2D eigenvalue weighted by Crippen LogP contribution is -2.38. The minimum atomic E-state index is -0.812. The molecule has 0 unspecified atom stereocenters. The zero-order valence-corrected chi connectivity index (χ0v) is 11.2. The fourth-order valence-corrected chi connectivity index (χ4v) is 3.25. The van der Waals surface area contributed by atoms with Crippen molar-refractivity contribution in [2.24, 2.45) is 5.92 Å². The Labute approximate surface area is 117 Å². The third kappa shape index (κ3) is 2.82. The standard InChI is InChI=1S/C15H18F2N2O/c16-12-5-4-10(6-13(12)17)7-19-8-11-2-1-3-15(20)18-14(11)9-19/h4-6,11,14H,1-3,7-9H2,(H,18,20)/t11-,14+/m1/s1. The summed E-state index contributed by atoms with van der Waals surface area (Å²) in [6.07, 6.45) is 2.61. The molecule has 2 saturated heterocycles. The molecule has 2 aliphatic rings. The summed E-state index contributed by atoms with van der Waals surface area (Å²) in [6, 6.07) is 4.24. The number of fused-ring (bicyclic) bond motifs is 1. The van der Waals surface area contributed by atoms with Gasteiger partial charge < -0.3 is 5.32 Å². The van der Waals surface area contributed by atoms with Gasteiger partial charge in [0.25, 0.3) is 0 Å². The first-order valence-electron chi connectivity index (χ1n) is 7.07. The van der Waals surface area contributed by atoms with Crippen molar-refractivity contribution in [1.82, 2.24) is 10.2 Å². The number of hydrogen-bond acceptors (Lipinski definition) is 2. The van der Waals surface area contributed by atoms with E-state index >= 15 is 0 Å². The molecule has 108 valence electrons. The van der Waals surface area contributed by atoms with Crippen LogP contribution in [-0.2, 0) is 11.3 Å². The van der Waals surface area contributed by atoms with E-state index in [1.807, 2.05) is 0 Å². The molecule has 3 rings (SSSR count). The summed E-state index contributed by atoms with van der Waals surface area (Å²) in [7, 11) is 0. The average Bonchev–Trinajstić information content (AvgIpc) is 2.67. The van der Waals surface area contributed by atoms with Gasteiger partial charge in [-0.1, -0.05) is 6.07 Å². The first kappa shape index (κ1) is 13.5. The third-order valence-corrected chi connectivity index (χ3v) is 4.23. The van der Waals surface area contributed by atoms with Crippen molar-refractivity contribution in [2.75, 3.05) is 13.1 Å². The Kier molecular flexibility index (Phi) is 3.70. The van der Waals surface area contributed by atoms with E-state index in [0.29, 0.717) is 18.9 Å². The molecule has 20 heavy (non-hydrogen) atoms. The lowest BCUT2D eigenvalue weighted by Gasteiger charge is -2.16. The minimum absolute atomic E-state index is 0.132. The Bertz CT molecular complexity index is 521. The largest absolute Gasteiger partial charge is 0.352 e. The molecule has 0 radical (unpaired) electrons. The Morgan fingerprint density at radius 1 is 1.25 bits per heavy atom. The maximum Gasteiger partial charge on any atom is 0.220 e. The van der Waals surface area contributed by atoms with E-state index in [1.165, 1.54) is 12.1 Å². The van der Waals surface area contributed by atoms with E-state index in [2.05, 4.69) is 10.2 Å². The van der Waals surface area contributed by atoms with E-state index in [1.54, 1.807) is 6.07 Å². The van der Waals surface area contributed by atoms with Gasteiger partial charge >= 0.3 is 0 Å². The quantitative estimate of drug-likeness (QED) is 0.899. The van der Waals surface area contributed by atoms with Crippen molar-refractivity contribution in [3.8, 4) is 0 Å². The lowest BCUT2D eigenvalue weighted by molar-refractivity contribution is -0.121. The van der Waals surface area contributed by atoms with Crippen molar-refractivity contribution in [3.63, 3.8) is 0 Å². The zero-order valence-electron chi connectivity index (χ0n) is 11.2. The summed E-state index contributed by atoms with van der Waals surface area (Å²) >= 11 is 0. The van der Waals surface area contributed by atoms with Gasteiger partial charge in [-0.3, -0.25) is 9.69 Å². The molecule has 0 bridgehead atoms. The third-order valence-electron chi connectivity index (χ3n) is 4.23. The molecule has 1 N–H and O–H groups in total. The van der Waals surface area contributed by atoms with Crippen molar-refractivity contribution in [2.45, 2.75) is 31.8 Å². The van der Waals surface area contributed by atoms with Gasteiger partial charge in [0.1, 0.15) is 0 Å². The van der Waals surface area contributed by atoms with Gasteiger partial charge in [-0.05, 0) is 36.5 Å². The highest BCUT2D eigenvalue weighted by molar-refractivity contribution is 5.76. The van der Waals surface area contributed by atoms with Gasteiger partial charge in [-0.25, -0.2) is 8.78 Å². The predicted molar refractivity (Wildman–Crippen MR) is 70.9 cm³/mol. The SMILES string of the molecule is O=C1CCC[C@@H]2CN(Cc3ccc(F)c(F)c3)C[C@@H]2N1. The maximum atomic E-state index is 13.2. The van der Waals surface area contributed by atoms with Crippen LogP contribution >= 0.6 is 0 Å². The highest BCUT2D eigenvalue weighted by Crippen LogP contribution is 2.26. The van der Waals surface area contributed by atoms with E-state index in [-0.39, 0.29) is 11.9 Å². The molecule has 3 nitrogen and oxygen atoms in total. The molecule has 2 heterocycles. The normalized spacial score (nSPS) is 27.0. The van der Waals surface area contributed by atoms with Crippen LogP contribution in [0.4, 0.5) is 8.78 Å². The van der Waals surface area contributed by atoms with Crippen molar-refractivity contribution in [1.29, 1.82) is 0 Å². The second kappa shape index (κ2) is 5.48.